The van der Waals surface area contributed by atoms with Gasteiger partial charge in [-0.15, -0.1) is 0 Å². The van der Waals surface area contributed by atoms with E-state index in [0.29, 0.717) is 5.56 Å². The molecule has 1 unspecified atom stereocenters. The maximum absolute atomic E-state index is 12.6. The summed E-state index contributed by atoms with van der Waals surface area (Å²) in [7, 11) is 0. The fourth-order valence-corrected chi connectivity index (χ4v) is 1.10. The first-order valence-electron chi connectivity index (χ1n) is 4.84. The van der Waals surface area contributed by atoms with Crippen LogP contribution in [0.4, 0.5) is 17.6 Å². The molecule has 0 aromatic carbocycles. The standard InChI is InChI=1S/C10H12F4N2O/c1-6(15)7-3-2-4-16-8(7)17-5-10(13,14)9(11)12/h2-4,6,9H,5,15H2,1H3. The Morgan fingerprint density at radius 2 is 2.12 bits per heavy atom. The van der Waals surface area contributed by atoms with E-state index in [1.54, 1.807) is 13.0 Å². The Hall–Kier alpha value is -1.37. The molecule has 96 valence electrons. The smallest absolute Gasteiger partial charge is 0.340 e. The monoisotopic (exact) mass is 252 g/mol. The van der Waals surface area contributed by atoms with E-state index in [2.05, 4.69) is 9.72 Å². The zero-order valence-corrected chi connectivity index (χ0v) is 9.04. The number of ether oxygens (including phenoxy) is 1. The molecule has 1 aromatic heterocycles. The Morgan fingerprint density at radius 1 is 1.47 bits per heavy atom. The van der Waals surface area contributed by atoms with Crippen LogP contribution in [-0.4, -0.2) is 23.9 Å². The summed E-state index contributed by atoms with van der Waals surface area (Å²) >= 11 is 0. The fraction of sp³-hybridized carbons (Fsp3) is 0.500. The van der Waals surface area contributed by atoms with E-state index in [9.17, 15) is 17.6 Å². The van der Waals surface area contributed by atoms with Gasteiger partial charge in [0.2, 0.25) is 5.88 Å². The van der Waals surface area contributed by atoms with Gasteiger partial charge >= 0.3 is 12.3 Å². The molecule has 1 heterocycles. The van der Waals surface area contributed by atoms with Crippen LogP contribution in [-0.2, 0) is 0 Å². The van der Waals surface area contributed by atoms with Gasteiger partial charge in [0.15, 0.2) is 6.61 Å². The van der Waals surface area contributed by atoms with Crippen molar-refractivity contribution in [2.75, 3.05) is 6.61 Å². The van der Waals surface area contributed by atoms with Gasteiger partial charge in [-0.25, -0.2) is 13.8 Å². The van der Waals surface area contributed by atoms with Gasteiger partial charge in [0.1, 0.15) is 0 Å². The highest BCUT2D eigenvalue weighted by Gasteiger charge is 2.42. The molecular formula is C10H12F4N2O. The number of alkyl halides is 4. The quantitative estimate of drug-likeness (QED) is 0.818. The second kappa shape index (κ2) is 5.31. The summed E-state index contributed by atoms with van der Waals surface area (Å²) in [6, 6.07) is 2.60. The first-order chi connectivity index (χ1) is 7.84. The minimum Gasteiger partial charge on any atom is -0.471 e. The Labute approximate surface area is 95.6 Å². The molecule has 0 spiro atoms. The number of rotatable bonds is 5. The number of pyridine rings is 1. The first-order valence-corrected chi connectivity index (χ1v) is 4.84. The molecule has 3 nitrogen and oxygen atoms in total. The number of hydrogen-bond acceptors (Lipinski definition) is 3. The van der Waals surface area contributed by atoms with Crippen LogP contribution < -0.4 is 10.5 Å². The van der Waals surface area contributed by atoms with Crippen LogP contribution in [0.25, 0.3) is 0 Å². The lowest BCUT2D eigenvalue weighted by Gasteiger charge is -2.17. The van der Waals surface area contributed by atoms with Crippen LogP contribution in [0.2, 0.25) is 0 Å². The number of nitrogens with zero attached hydrogens (tertiary/aromatic N) is 1. The zero-order valence-electron chi connectivity index (χ0n) is 9.04. The highest BCUT2D eigenvalue weighted by atomic mass is 19.3. The van der Waals surface area contributed by atoms with Gasteiger partial charge in [-0.05, 0) is 13.0 Å². The van der Waals surface area contributed by atoms with E-state index < -0.39 is 25.0 Å². The van der Waals surface area contributed by atoms with Crippen molar-refractivity contribution < 1.29 is 22.3 Å². The van der Waals surface area contributed by atoms with Crippen LogP contribution >= 0.6 is 0 Å². The van der Waals surface area contributed by atoms with Gasteiger partial charge in [0.25, 0.3) is 0 Å². The summed E-state index contributed by atoms with van der Waals surface area (Å²) in [5.74, 6) is -4.35. The van der Waals surface area contributed by atoms with E-state index in [1.165, 1.54) is 12.3 Å². The van der Waals surface area contributed by atoms with Crippen molar-refractivity contribution >= 4 is 0 Å². The Balaban J connectivity index is 2.76. The average molecular weight is 252 g/mol. The molecule has 0 radical (unpaired) electrons. The van der Waals surface area contributed by atoms with Crippen LogP contribution in [0.1, 0.15) is 18.5 Å². The molecule has 1 aromatic rings. The molecule has 17 heavy (non-hydrogen) atoms. The Bertz CT molecular complexity index is 371. The van der Waals surface area contributed by atoms with E-state index in [4.69, 9.17) is 5.73 Å². The number of aromatic nitrogens is 1. The van der Waals surface area contributed by atoms with Gasteiger partial charge in [-0.3, -0.25) is 0 Å². The normalized spacial score (nSPS) is 13.8. The van der Waals surface area contributed by atoms with Crippen molar-refractivity contribution in [3.63, 3.8) is 0 Å². The molecule has 2 N–H and O–H groups in total. The van der Waals surface area contributed by atoms with Crippen molar-refractivity contribution in [3.8, 4) is 5.88 Å². The highest BCUT2D eigenvalue weighted by molar-refractivity contribution is 5.28. The van der Waals surface area contributed by atoms with E-state index in [1.807, 2.05) is 0 Å². The SMILES string of the molecule is CC(N)c1cccnc1OCC(F)(F)C(F)F. The lowest BCUT2D eigenvalue weighted by molar-refractivity contribution is -0.148. The molecule has 0 aliphatic carbocycles. The summed E-state index contributed by atoms with van der Waals surface area (Å²) in [6.07, 6.45) is -2.47. The molecule has 0 amide bonds. The van der Waals surface area contributed by atoms with Gasteiger partial charge < -0.3 is 10.5 Å². The predicted molar refractivity (Wildman–Crippen MR) is 53.3 cm³/mol. The Kier molecular flexibility index (Phi) is 4.28. The fourth-order valence-electron chi connectivity index (χ4n) is 1.10. The third-order valence-corrected chi connectivity index (χ3v) is 2.01. The van der Waals surface area contributed by atoms with Crippen LogP contribution in [0.5, 0.6) is 5.88 Å². The summed E-state index contributed by atoms with van der Waals surface area (Å²) in [5.41, 5.74) is 5.94. The van der Waals surface area contributed by atoms with E-state index >= 15 is 0 Å². The molecule has 0 aliphatic heterocycles. The first kappa shape index (κ1) is 13.7. The zero-order chi connectivity index (χ0) is 13.1. The van der Waals surface area contributed by atoms with Crippen molar-refractivity contribution in [2.45, 2.75) is 25.3 Å². The number of nitrogens with two attached hydrogens (primary N) is 1. The van der Waals surface area contributed by atoms with Gasteiger partial charge in [-0.1, -0.05) is 6.07 Å². The maximum atomic E-state index is 12.6. The minimum absolute atomic E-state index is 0.150. The second-order valence-electron chi connectivity index (χ2n) is 3.54. The Morgan fingerprint density at radius 3 is 2.65 bits per heavy atom. The molecular weight excluding hydrogens is 240 g/mol. The molecule has 1 atom stereocenters. The minimum atomic E-state index is -4.20. The molecule has 0 saturated heterocycles. The molecule has 0 bridgehead atoms. The van der Waals surface area contributed by atoms with Crippen molar-refractivity contribution in [1.82, 2.24) is 4.98 Å². The predicted octanol–water partition coefficient (Wildman–Crippen LogP) is 2.38. The summed E-state index contributed by atoms with van der Waals surface area (Å²) in [5, 5.41) is 0. The lowest BCUT2D eigenvalue weighted by Crippen LogP contribution is -2.34. The van der Waals surface area contributed by atoms with Crippen LogP contribution in [0.15, 0.2) is 18.3 Å². The van der Waals surface area contributed by atoms with Crippen molar-refractivity contribution in [3.05, 3.63) is 23.9 Å². The lowest BCUT2D eigenvalue weighted by atomic mass is 10.1. The third-order valence-electron chi connectivity index (χ3n) is 2.01. The van der Waals surface area contributed by atoms with Gasteiger partial charge in [0, 0.05) is 17.8 Å². The number of halogens is 4. The number of hydrogen-bond donors (Lipinski definition) is 1. The average Bonchev–Trinajstić information content (AvgIpc) is 2.26. The summed E-state index contributed by atoms with van der Waals surface area (Å²) in [4.78, 5) is 3.68. The largest absolute Gasteiger partial charge is 0.471 e. The van der Waals surface area contributed by atoms with Crippen LogP contribution in [0, 0.1) is 0 Å². The molecule has 7 heteroatoms. The van der Waals surface area contributed by atoms with Gasteiger partial charge in [0.05, 0.1) is 0 Å². The highest BCUT2D eigenvalue weighted by Crippen LogP contribution is 2.26. The molecule has 1 rings (SSSR count). The summed E-state index contributed by atoms with van der Waals surface area (Å²) < 4.78 is 53.7. The summed E-state index contributed by atoms with van der Waals surface area (Å²) in [6.45, 7) is 0.177. The maximum Gasteiger partial charge on any atom is 0.340 e. The molecule has 0 aliphatic rings. The molecule has 0 saturated carbocycles. The van der Waals surface area contributed by atoms with Crippen LogP contribution in [0.3, 0.4) is 0 Å². The third kappa shape index (κ3) is 3.55. The van der Waals surface area contributed by atoms with E-state index in [-0.39, 0.29) is 5.88 Å². The van der Waals surface area contributed by atoms with Crippen molar-refractivity contribution in [2.24, 2.45) is 5.73 Å². The van der Waals surface area contributed by atoms with Gasteiger partial charge in [-0.2, -0.15) is 8.78 Å². The van der Waals surface area contributed by atoms with Crippen molar-refractivity contribution in [1.29, 1.82) is 0 Å². The second-order valence-corrected chi connectivity index (χ2v) is 3.54. The topological polar surface area (TPSA) is 48.1 Å². The molecule has 0 fully saturated rings. The van der Waals surface area contributed by atoms with E-state index in [0.717, 1.165) is 0 Å².